The highest BCUT2D eigenvalue weighted by Gasteiger charge is 2.47. The molecule has 0 radical (unpaired) electrons. The molecule has 1 amide bonds. The van der Waals surface area contributed by atoms with Crippen LogP contribution in [0.25, 0.3) is 5.76 Å². The molecule has 8 heteroatoms. The molecule has 1 N–H and O–H groups in total. The van der Waals surface area contributed by atoms with E-state index in [0.717, 1.165) is 5.56 Å². The van der Waals surface area contributed by atoms with Gasteiger partial charge in [0.05, 0.1) is 37.3 Å². The molecule has 1 fully saturated rings. The maximum atomic E-state index is 13.3. The van der Waals surface area contributed by atoms with Crippen molar-refractivity contribution in [3.63, 3.8) is 0 Å². The van der Waals surface area contributed by atoms with Crippen LogP contribution >= 0.6 is 11.6 Å². The summed E-state index contributed by atoms with van der Waals surface area (Å²) >= 11 is 6.36. The summed E-state index contributed by atoms with van der Waals surface area (Å²) in [6, 6.07) is 17.9. The highest BCUT2D eigenvalue weighted by atomic mass is 35.5. The number of hydrogen-bond donors (Lipinski definition) is 1. The van der Waals surface area contributed by atoms with Crippen LogP contribution in [-0.4, -0.2) is 37.0 Å². The summed E-state index contributed by atoms with van der Waals surface area (Å²) in [7, 11) is 2.79. The molecule has 0 bridgehead atoms. The molecule has 0 aliphatic carbocycles. The molecule has 36 heavy (non-hydrogen) atoms. The minimum Gasteiger partial charge on any atom is -0.507 e. The molecule has 0 aromatic heterocycles. The summed E-state index contributed by atoms with van der Waals surface area (Å²) < 4.78 is 9.96. The first-order valence-corrected chi connectivity index (χ1v) is 11.5. The third-order valence-electron chi connectivity index (χ3n) is 6.02. The van der Waals surface area contributed by atoms with Crippen LogP contribution in [0.5, 0.6) is 5.75 Å². The molecule has 1 saturated heterocycles. The van der Waals surface area contributed by atoms with Gasteiger partial charge in [0.25, 0.3) is 11.7 Å². The molecule has 0 saturated carbocycles. The molecular weight excluding hydrogens is 482 g/mol. The normalized spacial score (nSPS) is 16.8. The molecule has 1 aliphatic rings. The van der Waals surface area contributed by atoms with Crippen LogP contribution in [0.4, 0.5) is 5.69 Å². The fraction of sp³-hybridized carbons (Fsp3) is 0.179. The lowest BCUT2D eigenvalue weighted by Gasteiger charge is -2.26. The molecule has 1 aliphatic heterocycles. The summed E-state index contributed by atoms with van der Waals surface area (Å²) in [5.41, 5.74) is 2.80. The maximum Gasteiger partial charge on any atom is 0.309 e. The van der Waals surface area contributed by atoms with E-state index in [0.29, 0.717) is 22.6 Å². The quantitative estimate of drug-likeness (QED) is 0.219. The number of amides is 1. The molecule has 184 valence electrons. The molecule has 1 unspecified atom stereocenters. The Morgan fingerprint density at radius 2 is 1.75 bits per heavy atom. The number of benzene rings is 3. The average Bonchev–Trinajstić information content (AvgIpc) is 3.14. The fourth-order valence-corrected chi connectivity index (χ4v) is 4.43. The van der Waals surface area contributed by atoms with E-state index in [-0.39, 0.29) is 22.6 Å². The van der Waals surface area contributed by atoms with Gasteiger partial charge in [0.1, 0.15) is 11.5 Å². The standard InChI is InChI=1S/C28H24ClNO6/c1-16-5-4-6-18(13-16)25-24(26(32)21-15-20(35-2)11-12-22(21)29)27(33)28(34)30(25)19-9-7-17(8-10-19)14-23(31)36-3/h4-13,15,25,32H,14H2,1-3H3/b26-24+. The Morgan fingerprint density at radius 3 is 2.39 bits per heavy atom. The first-order valence-electron chi connectivity index (χ1n) is 11.1. The van der Waals surface area contributed by atoms with Gasteiger partial charge in [-0.1, -0.05) is 53.6 Å². The van der Waals surface area contributed by atoms with Crippen molar-refractivity contribution in [1.82, 2.24) is 0 Å². The Bertz CT molecular complexity index is 1380. The molecule has 3 aromatic rings. The second-order valence-corrected chi connectivity index (χ2v) is 8.76. The average molecular weight is 506 g/mol. The number of ether oxygens (including phenoxy) is 2. The van der Waals surface area contributed by atoms with Crippen molar-refractivity contribution < 1.29 is 29.0 Å². The van der Waals surface area contributed by atoms with Crippen molar-refractivity contribution >= 4 is 40.7 Å². The summed E-state index contributed by atoms with van der Waals surface area (Å²) in [6.45, 7) is 1.90. The highest BCUT2D eigenvalue weighted by molar-refractivity contribution is 6.52. The first kappa shape index (κ1) is 25.0. The van der Waals surface area contributed by atoms with Gasteiger partial charge in [0.2, 0.25) is 0 Å². The molecule has 1 atom stereocenters. The SMILES string of the molecule is COC(=O)Cc1ccc(N2C(=O)C(=O)/C(=C(/O)c3cc(OC)ccc3Cl)C2c2cccc(C)c2)cc1. The second kappa shape index (κ2) is 10.3. The van der Waals surface area contributed by atoms with E-state index in [4.69, 9.17) is 21.1 Å². The Balaban J connectivity index is 1.89. The van der Waals surface area contributed by atoms with Gasteiger partial charge >= 0.3 is 5.97 Å². The number of Topliss-reactive ketones (excluding diaryl/α,β-unsaturated/α-hetero) is 1. The third kappa shape index (κ3) is 4.70. The van der Waals surface area contributed by atoms with Crippen LogP contribution in [0, 0.1) is 6.92 Å². The number of aliphatic hydroxyl groups excluding tert-OH is 1. The zero-order chi connectivity index (χ0) is 26.0. The summed E-state index contributed by atoms with van der Waals surface area (Å²) in [4.78, 5) is 39.7. The number of methoxy groups -OCH3 is 2. The Morgan fingerprint density at radius 1 is 1.03 bits per heavy atom. The van der Waals surface area contributed by atoms with Crippen molar-refractivity contribution in [3.05, 3.63) is 99.6 Å². The van der Waals surface area contributed by atoms with Gasteiger partial charge in [-0.15, -0.1) is 0 Å². The number of aryl methyl sites for hydroxylation is 1. The first-order chi connectivity index (χ1) is 17.2. The largest absolute Gasteiger partial charge is 0.507 e. The van der Waals surface area contributed by atoms with Gasteiger partial charge in [-0.2, -0.15) is 0 Å². The summed E-state index contributed by atoms with van der Waals surface area (Å²) in [5, 5.41) is 11.5. The number of hydrogen-bond acceptors (Lipinski definition) is 6. The van der Waals surface area contributed by atoms with E-state index in [1.807, 2.05) is 25.1 Å². The Kier molecular flexibility index (Phi) is 7.12. The van der Waals surface area contributed by atoms with E-state index in [9.17, 15) is 19.5 Å². The minimum absolute atomic E-state index is 0.0746. The van der Waals surface area contributed by atoms with Crippen molar-refractivity contribution in [2.45, 2.75) is 19.4 Å². The number of halogens is 1. The van der Waals surface area contributed by atoms with Crippen molar-refractivity contribution in [1.29, 1.82) is 0 Å². The number of esters is 1. The molecule has 7 nitrogen and oxygen atoms in total. The number of anilines is 1. The Labute approximate surface area is 213 Å². The van der Waals surface area contributed by atoms with Crippen molar-refractivity contribution in [3.8, 4) is 5.75 Å². The number of rotatable bonds is 6. The lowest BCUT2D eigenvalue weighted by molar-refractivity contribution is -0.139. The van der Waals surface area contributed by atoms with Gasteiger partial charge in [-0.05, 0) is 48.4 Å². The zero-order valence-corrected chi connectivity index (χ0v) is 20.7. The van der Waals surface area contributed by atoms with E-state index >= 15 is 0 Å². The van der Waals surface area contributed by atoms with Crippen LogP contribution in [0.2, 0.25) is 5.02 Å². The van der Waals surface area contributed by atoms with E-state index < -0.39 is 29.5 Å². The lowest BCUT2D eigenvalue weighted by atomic mass is 9.94. The van der Waals surface area contributed by atoms with Crippen LogP contribution < -0.4 is 9.64 Å². The van der Waals surface area contributed by atoms with Gasteiger partial charge in [0, 0.05) is 11.3 Å². The predicted molar refractivity (Wildman–Crippen MR) is 136 cm³/mol. The van der Waals surface area contributed by atoms with Crippen molar-refractivity contribution in [2.24, 2.45) is 0 Å². The van der Waals surface area contributed by atoms with Crippen LogP contribution in [0.3, 0.4) is 0 Å². The summed E-state index contributed by atoms with van der Waals surface area (Å²) in [6.07, 6.45) is 0.0746. The topological polar surface area (TPSA) is 93.1 Å². The van der Waals surface area contributed by atoms with Gasteiger partial charge in [0.15, 0.2) is 0 Å². The monoisotopic (exact) mass is 505 g/mol. The maximum absolute atomic E-state index is 13.3. The van der Waals surface area contributed by atoms with Gasteiger partial charge < -0.3 is 14.6 Å². The number of aliphatic hydroxyl groups is 1. The molecule has 0 spiro atoms. The molecule has 3 aromatic carbocycles. The van der Waals surface area contributed by atoms with Crippen LogP contribution in [0.15, 0.2) is 72.3 Å². The second-order valence-electron chi connectivity index (χ2n) is 8.35. The van der Waals surface area contributed by atoms with Crippen molar-refractivity contribution in [2.75, 3.05) is 19.1 Å². The number of carbonyl (C=O) groups is 3. The van der Waals surface area contributed by atoms with Gasteiger partial charge in [-0.25, -0.2) is 0 Å². The van der Waals surface area contributed by atoms with E-state index in [1.165, 1.54) is 25.2 Å². The molecular formula is C28H24ClNO6. The Hall–Kier alpha value is -4.10. The number of carbonyl (C=O) groups excluding carboxylic acids is 3. The predicted octanol–water partition coefficient (Wildman–Crippen LogP) is 5.00. The highest BCUT2D eigenvalue weighted by Crippen LogP contribution is 2.43. The third-order valence-corrected chi connectivity index (χ3v) is 6.35. The van der Waals surface area contributed by atoms with Gasteiger partial charge in [-0.3, -0.25) is 19.3 Å². The summed E-state index contributed by atoms with van der Waals surface area (Å²) in [5.74, 6) is -1.98. The fourth-order valence-electron chi connectivity index (χ4n) is 4.23. The molecule has 1 heterocycles. The number of nitrogens with zero attached hydrogens (tertiary/aromatic N) is 1. The minimum atomic E-state index is -0.904. The van der Waals surface area contributed by atoms with E-state index in [1.54, 1.807) is 42.5 Å². The van der Waals surface area contributed by atoms with E-state index in [2.05, 4.69) is 0 Å². The zero-order valence-electron chi connectivity index (χ0n) is 19.9. The smallest absolute Gasteiger partial charge is 0.309 e. The van der Waals surface area contributed by atoms with Crippen LogP contribution in [0.1, 0.15) is 28.3 Å². The number of ketones is 1. The molecule has 4 rings (SSSR count). The van der Waals surface area contributed by atoms with Crippen LogP contribution in [-0.2, 0) is 25.5 Å². The lowest BCUT2D eigenvalue weighted by Crippen LogP contribution is -2.29.